The molecule has 0 radical (unpaired) electrons. The van der Waals surface area contributed by atoms with E-state index < -0.39 is 11.6 Å². The largest absolute Gasteiger partial charge is 0.463 e. The van der Waals surface area contributed by atoms with Crippen LogP contribution in [0.2, 0.25) is 0 Å². The van der Waals surface area contributed by atoms with Crippen molar-refractivity contribution in [1.82, 2.24) is 0 Å². The standard InChI is InChI=1S/C16H15BrO3/c1-2-20-15(18)16(19,12-6-4-3-5-7-12)13-8-10-14(17)11-9-13/h3-11,19H,2H2,1H3/t16-/m1/s1. The van der Waals surface area contributed by atoms with E-state index in [0.717, 1.165) is 4.47 Å². The average molecular weight is 335 g/mol. The Bertz CT molecular complexity index is 580. The normalized spacial score (nSPS) is 13.6. The van der Waals surface area contributed by atoms with E-state index in [4.69, 9.17) is 4.74 Å². The van der Waals surface area contributed by atoms with Crippen LogP contribution in [0.5, 0.6) is 0 Å². The van der Waals surface area contributed by atoms with E-state index >= 15 is 0 Å². The van der Waals surface area contributed by atoms with E-state index in [1.165, 1.54) is 0 Å². The van der Waals surface area contributed by atoms with Crippen LogP contribution < -0.4 is 0 Å². The first kappa shape index (κ1) is 14.8. The van der Waals surface area contributed by atoms with Crippen molar-refractivity contribution in [2.45, 2.75) is 12.5 Å². The number of hydrogen-bond acceptors (Lipinski definition) is 3. The summed E-state index contributed by atoms with van der Waals surface area (Å²) in [5.74, 6) is -0.673. The molecule has 1 N–H and O–H groups in total. The molecule has 0 amide bonds. The number of halogens is 1. The quantitative estimate of drug-likeness (QED) is 0.873. The van der Waals surface area contributed by atoms with Gasteiger partial charge in [-0.25, -0.2) is 4.79 Å². The third-order valence-corrected chi connectivity index (χ3v) is 3.55. The van der Waals surface area contributed by atoms with Crippen LogP contribution >= 0.6 is 15.9 Å². The molecule has 1 atom stereocenters. The zero-order chi connectivity index (χ0) is 14.6. The molecule has 2 rings (SSSR count). The second-order valence-electron chi connectivity index (χ2n) is 4.30. The van der Waals surface area contributed by atoms with Crippen molar-refractivity contribution in [3.05, 3.63) is 70.2 Å². The fraction of sp³-hybridized carbons (Fsp3) is 0.188. The predicted octanol–water partition coefficient (Wildman–Crippen LogP) is 3.25. The minimum atomic E-state index is -1.79. The summed E-state index contributed by atoms with van der Waals surface area (Å²) in [6, 6.07) is 15.8. The maximum Gasteiger partial charge on any atom is 0.347 e. The van der Waals surface area contributed by atoms with Gasteiger partial charge in [0.1, 0.15) is 0 Å². The van der Waals surface area contributed by atoms with Gasteiger partial charge in [0.2, 0.25) is 5.60 Å². The fourth-order valence-electron chi connectivity index (χ4n) is 2.01. The monoisotopic (exact) mass is 334 g/mol. The number of benzene rings is 2. The van der Waals surface area contributed by atoms with Gasteiger partial charge in [0.15, 0.2) is 0 Å². The summed E-state index contributed by atoms with van der Waals surface area (Å²) in [5.41, 5.74) is -0.830. The predicted molar refractivity (Wildman–Crippen MR) is 80.2 cm³/mol. The minimum Gasteiger partial charge on any atom is -0.463 e. The Morgan fingerprint density at radius 2 is 1.65 bits per heavy atom. The molecule has 0 spiro atoms. The number of hydrogen-bond donors (Lipinski definition) is 1. The number of rotatable bonds is 4. The zero-order valence-electron chi connectivity index (χ0n) is 11.0. The van der Waals surface area contributed by atoms with Crippen molar-refractivity contribution in [1.29, 1.82) is 0 Å². The van der Waals surface area contributed by atoms with Gasteiger partial charge in [-0.15, -0.1) is 0 Å². The molecule has 0 saturated heterocycles. The summed E-state index contributed by atoms with van der Waals surface area (Å²) in [5, 5.41) is 11.0. The van der Waals surface area contributed by atoms with E-state index in [0.29, 0.717) is 11.1 Å². The molecule has 0 saturated carbocycles. The van der Waals surface area contributed by atoms with Crippen LogP contribution in [0, 0.1) is 0 Å². The molecule has 0 aliphatic heterocycles. The number of carbonyl (C=O) groups excluding carboxylic acids is 1. The Balaban J connectivity index is 2.55. The molecule has 2 aromatic carbocycles. The van der Waals surface area contributed by atoms with Gasteiger partial charge in [0, 0.05) is 4.47 Å². The second kappa shape index (κ2) is 6.20. The van der Waals surface area contributed by atoms with Crippen molar-refractivity contribution in [2.24, 2.45) is 0 Å². The molecule has 0 fully saturated rings. The van der Waals surface area contributed by atoms with Crippen LogP contribution in [0.1, 0.15) is 18.1 Å². The molecule has 0 aliphatic rings. The first-order valence-electron chi connectivity index (χ1n) is 6.30. The SMILES string of the molecule is CCOC(=O)[C@@](O)(c1ccccc1)c1ccc(Br)cc1. The summed E-state index contributed by atoms with van der Waals surface area (Å²) < 4.78 is 5.92. The molecule has 0 heterocycles. The van der Waals surface area contributed by atoms with Gasteiger partial charge in [0.05, 0.1) is 6.61 Å². The lowest BCUT2D eigenvalue weighted by Gasteiger charge is -2.26. The van der Waals surface area contributed by atoms with Crippen molar-refractivity contribution in [2.75, 3.05) is 6.61 Å². The molecular formula is C16H15BrO3. The first-order valence-corrected chi connectivity index (χ1v) is 7.09. The van der Waals surface area contributed by atoms with Crippen molar-refractivity contribution >= 4 is 21.9 Å². The van der Waals surface area contributed by atoms with Gasteiger partial charge in [-0.05, 0) is 30.2 Å². The van der Waals surface area contributed by atoms with Crippen LogP contribution in [-0.2, 0) is 15.1 Å². The topological polar surface area (TPSA) is 46.5 Å². The maximum absolute atomic E-state index is 12.3. The maximum atomic E-state index is 12.3. The molecule has 0 aliphatic carbocycles. The number of ether oxygens (including phenoxy) is 1. The molecule has 20 heavy (non-hydrogen) atoms. The molecule has 0 unspecified atom stereocenters. The molecule has 4 heteroatoms. The smallest absolute Gasteiger partial charge is 0.347 e. The Morgan fingerprint density at radius 3 is 2.20 bits per heavy atom. The van der Waals surface area contributed by atoms with Gasteiger partial charge in [-0.2, -0.15) is 0 Å². The summed E-state index contributed by atoms with van der Waals surface area (Å²) in [7, 11) is 0. The molecule has 0 aromatic heterocycles. The Morgan fingerprint density at radius 1 is 1.10 bits per heavy atom. The minimum absolute atomic E-state index is 0.213. The Labute approximate surface area is 126 Å². The van der Waals surface area contributed by atoms with E-state index in [-0.39, 0.29) is 6.61 Å². The van der Waals surface area contributed by atoms with E-state index in [1.54, 1.807) is 55.5 Å². The lowest BCUT2D eigenvalue weighted by molar-refractivity contribution is -0.161. The number of carbonyl (C=O) groups is 1. The van der Waals surface area contributed by atoms with E-state index in [1.807, 2.05) is 6.07 Å². The van der Waals surface area contributed by atoms with Gasteiger partial charge in [-0.1, -0.05) is 58.4 Å². The van der Waals surface area contributed by atoms with Gasteiger partial charge in [-0.3, -0.25) is 0 Å². The van der Waals surface area contributed by atoms with Crippen molar-refractivity contribution in [3.8, 4) is 0 Å². The van der Waals surface area contributed by atoms with Gasteiger partial charge < -0.3 is 9.84 Å². The summed E-state index contributed by atoms with van der Waals surface area (Å²) in [6.07, 6.45) is 0. The van der Waals surface area contributed by atoms with Crippen LogP contribution in [0.15, 0.2) is 59.1 Å². The number of esters is 1. The third-order valence-electron chi connectivity index (χ3n) is 3.02. The third kappa shape index (κ3) is 2.76. The van der Waals surface area contributed by atoms with Crippen LogP contribution in [0.4, 0.5) is 0 Å². The lowest BCUT2D eigenvalue weighted by atomic mass is 9.86. The summed E-state index contributed by atoms with van der Waals surface area (Å²) in [4.78, 5) is 12.3. The average Bonchev–Trinajstić information content (AvgIpc) is 2.48. The van der Waals surface area contributed by atoms with Crippen LogP contribution in [-0.4, -0.2) is 17.7 Å². The summed E-state index contributed by atoms with van der Waals surface area (Å²) >= 11 is 3.34. The highest BCUT2D eigenvalue weighted by molar-refractivity contribution is 9.10. The molecular weight excluding hydrogens is 320 g/mol. The van der Waals surface area contributed by atoms with Gasteiger partial charge >= 0.3 is 5.97 Å². The summed E-state index contributed by atoms with van der Waals surface area (Å²) in [6.45, 7) is 1.93. The van der Waals surface area contributed by atoms with Crippen molar-refractivity contribution in [3.63, 3.8) is 0 Å². The highest BCUT2D eigenvalue weighted by Crippen LogP contribution is 2.31. The molecule has 3 nitrogen and oxygen atoms in total. The first-order chi connectivity index (χ1) is 9.59. The van der Waals surface area contributed by atoms with E-state index in [9.17, 15) is 9.90 Å². The zero-order valence-corrected chi connectivity index (χ0v) is 12.6. The van der Waals surface area contributed by atoms with E-state index in [2.05, 4.69) is 15.9 Å². The Hall–Kier alpha value is -1.65. The van der Waals surface area contributed by atoms with Crippen molar-refractivity contribution < 1.29 is 14.6 Å². The highest BCUT2D eigenvalue weighted by atomic mass is 79.9. The molecule has 0 bridgehead atoms. The molecule has 104 valence electrons. The molecule has 2 aromatic rings. The van der Waals surface area contributed by atoms with Gasteiger partial charge in [0.25, 0.3) is 0 Å². The lowest BCUT2D eigenvalue weighted by Crippen LogP contribution is -2.38. The second-order valence-corrected chi connectivity index (χ2v) is 5.22. The Kier molecular flexibility index (Phi) is 4.57. The number of aliphatic hydroxyl groups is 1. The highest BCUT2D eigenvalue weighted by Gasteiger charge is 2.41. The van der Waals surface area contributed by atoms with Crippen LogP contribution in [0.3, 0.4) is 0 Å². The van der Waals surface area contributed by atoms with Crippen LogP contribution in [0.25, 0.3) is 0 Å². The fourth-order valence-corrected chi connectivity index (χ4v) is 2.27.